The lowest BCUT2D eigenvalue weighted by atomic mass is 9.94. The van der Waals surface area contributed by atoms with Gasteiger partial charge in [0.1, 0.15) is 6.33 Å². The van der Waals surface area contributed by atoms with Gasteiger partial charge in [-0.3, -0.25) is 10.1 Å². The van der Waals surface area contributed by atoms with E-state index in [1.54, 1.807) is 24.3 Å². The Morgan fingerprint density at radius 3 is 3.00 bits per heavy atom. The Labute approximate surface area is 143 Å². The van der Waals surface area contributed by atoms with Gasteiger partial charge in [0.25, 0.3) is 5.91 Å². The number of rotatable bonds is 3. The molecule has 1 aliphatic rings. The zero-order valence-electron chi connectivity index (χ0n) is 13.2. The van der Waals surface area contributed by atoms with E-state index in [-0.39, 0.29) is 18.9 Å². The fraction of sp³-hybridized carbons (Fsp3) is 0.312. The van der Waals surface area contributed by atoms with Crippen LogP contribution in [0.1, 0.15) is 18.4 Å². The van der Waals surface area contributed by atoms with E-state index in [2.05, 4.69) is 15.4 Å². The fourth-order valence-corrected chi connectivity index (χ4v) is 2.66. The molecule has 1 aromatic heterocycles. The summed E-state index contributed by atoms with van der Waals surface area (Å²) in [5.74, 6) is -0.908. The third kappa shape index (κ3) is 3.40. The minimum Gasteiger partial charge on any atom is -0.307 e. The van der Waals surface area contributed by atoms with Gasteiger partial charge in [-0.2, -0.15) is 15.5 Å². The first-order chi connectivity index (χ1) is 12.0. The molecule has 1 N–H and O–H groups in total. The topological polar surface area (TPSA) is 111 Å². The Kier molecular flexibility index (Phi) is 4.31. The molecule has 3 rings (SSSR count). The molecule has 1 aliphatic heterocycles. The molecular weight excluding hydrogens is 325 g/mol. The van der Waals surface area contributed by atoms with Gasteiger partial charge in [0.05, 0.1) is 23.9 Å². The highest BCUT2D eigenvalue weighted by Gasteiger charge is 2.43. The molecule has 1 saturated heterocycles. The molecule has 2 aromatic rings. The first-order valence-electron chi connectivity index (χ1n) is 7.61. The maximum Gasteiger partial charge on any atom is 0.266 e. The van der Waals surface area contributed by atoms with E-state index >= 15 is 0 Å². The van der Waals surface area contributed by atoms with Crippen molar-refractivity contribution in [1.82, 2.24) is 19.7 Å². The Bertz CT molecular complexity index is 881. The van der Waals surface area contributed by atoms with Gasteiger partial charge in [-0.25, -0.2) is 9.07 Å². The van der Waals surface area contributed by atoms with E-state index in [1.165, 1.54) is 15.9 Å². The smallest absolute Gasteiger partial charge is 0.266 e. The second kappa shape index (κ2) is 6.57. The van der Waals surface area contributed by atoms with Crippen molar-refractivity contribution in [1.29, 1.82) is 10.5 Å². The standard InChI is InChI=1S/C16H14FN7O/c17-16(5-2-6-23(9-16)10-19)14(25)21-15-20-11-24(22-15)13-4-1-3-12(7-13)8-18/h1,3-4,7,11H,2,5-6,9H2,(H,21,22,25)/t16-/m1/s1. The molecule has 1 aromatic carbocycles. The molecule has 2 heterocycles. The van der Waals surface area contributed by atoms with E-state index < -0.39 is 11.6 Å². The molecular formula is C16H14FN7O. The van der Waals surface area contributed by atoms with Crippen LogP contribution >= 0.6 is 0 Å². The van der Waals surface area contributed by atoms with Crippen molar-refractivity contribution in [3.05, 3.63) is 36.2 Å². The molecule has 25 heavy (non-hydrogen) atoms. The normalized spacial score (nSPS) is 19.7. The van der Waals surface area contributed by atoms with Crippen molar-refractivity contribution in [2.75, 3.05) is 18.4 Å². The highest BCUT2D eigenvalue weighted by Crippen LogP contribution is 2.26. The highest BCUT2D eigenvalue weighted by atomic mass is 19.1. The van der Waals surface area contributed by atoms with Gasteiger partial charge in [0.15, 0.2) is 6.19 Å². The summed E-state index contributed by atoms with van der Waals surface area (Å²) in [6.07, 6.45) is 3.69. The van der Waals surface area contributed by atoms with Crippen LogP contribution in [0.3, 0.4) is 0 Å². The van der Waals surface area contributed by atoms with Crippen LogP contribution in [0.5, 0.6) is 0 Å². The average molecular weight is 339 g/mol. The SMILES string of the molecule is N#Cc1cccc(-n2cnc(NC(=O)[C@@]3(F)CCCN(C#N)C3)n2)c1. The zero-order chi connectivity index (χ0) is 17.9. The third-order valence-electron chi connectivity index (χ3n) is 3.95. The van der Waals surface area contributed by atoms with Crippen LogP contribution in [0.25, 0.3) is 5.69 Å². The summed E-state index contributed by atoms with van der Waals surface area (Å²) in [6, 6.07) is 8.71. The Morgan fingerprint density at radius 2 is 2.24 bits per heavy atom. The van der Waals surface area contributed by atoms with Crippen molar-refractivity contribution in [2.45, 2.75) is 18.5 Å². The van der Waals surface area contributed by atoms with Gasteiger partial charge in [-0.15, -0.1) is 5.10 Å². The molecule has 0 saturated carbocycles. The zero-order valence-corrected chi connectivity index (χ0v) is 13.2. The molecule has 8 nitrogen and oxygen atoms in total. The number of benzene rings is 1. The number of halogens is 1. The first-order valence-corrected chi connectivity index (χ1v) is 7.61. The number of aromatic nitrogens is 3. The summed E-state index contributed by atoms with van der Waals surface area (Å²) in [5, 5.41) is 24.3. The van der Waals surface area contributed by atoms with Gasteiger partial charge in [0, 0.05) is 6.54 Å². The van der Waals surface area contributed by atoms with Gasteiger partial charge in [-0.05, 0) is 31.0 Å². The lowest BCUT2D eigenvalue weighted by Crippen LogP contribution is -2.51. The third-order valence-corrected chi connectivity index (χ3v) is 3.95. The summed E-state index contributed by atoms with van der Waals surface area (Å²) < 4.78 is 16.2. The number of hydrogen-bond donors (Lipinski definition) is 1. The van der Waals surface area contributed by atoms with Crippen LogP contribution in [0.2, 0.25) is 0 Å². The van der Waals surface area contributed by atoms with Crippen LogP contribution in [0, 0.1) is 22.8 Å². The molecule has 0 bridgehead atoms. The molecule has 1 amide bonds. The highest BCUT2D eigenvalue weighted by molar-refractivity contribution is 5.96. The number of hydrogen-bond acceptors (Lipinski definition) is 6. The summed E-state index contributed by atoms with van der Waals surface area (Å²) in [5.41, 5.74) is -1.10. The van der Waals surface area contributed by atoms with E-state index in [0.717, 1.165) is 0 Å². The molecule has 0 radical (unpaired) electrons. The summed E-state index contributed by atoms with van der Waals surface area (Å²) in [4.78, 5) is 17.4. The van der Waals surface area contributed by atoms with E-state index in [1.807, 2.05) is 12.3 Å². The summed E-state index contributed by atoms with van der Waals surface area (Å²) in [7, 11) is 0. The quantitative estimate of drug-likeness (QED) is 0.845. The predicted molar refractivity (Wildman–Crippen MR) is 85.0 cm³/mol. The maximum atomic E-state index is 14.8. The van der Waals surface area contributed by atoms with Crippen LogP contribution in [0.4, 0.5) is 10.3 Å². The number of likely N-dealkylation sites (tertiary alicyclic amines) is 1. The minimum atomic E-state index is -2.15. The van der Waals surface area contributed by atoms with Crippen LogP contribution in [0.15, 0.2) is 30.6 Å². The first kappa shape index (κ1) is 16.4. The lowest BCUT2D eigenvalue weighted by Gasteiger charge is -2.32. The van der Waals surface area contributed by atoms with Crippen LogP contribution < -0.4 is 5.32 Å². The van der Waals surface area contributed by atoms with E-state index in [4.69, 9.17) is 10.5 Å². The van der Waals surface area contributed by atoms with Crippen molar-refractivity contribution in [3.8, 4) is 17.9 Å². The molecule has 0 unspecified atom stereocenters. The van der Waals surface area contributed by atoms with Crippen LogP contribution in [-0.2, 0) is 4.79 Å². The molecule has 1 atom stereocenters. The second-order valence-corrected chi connectivity index (χ2v) is 5.72. The number of carbonyl (C=O) groups is 1. The number of nitrogens with zero attached hydrogens (tertiary/aromatic N) is 6. The van der Waals surface area contributed by atoms with Crippen molar-refractivity contribution in [3.63, 3.8) is 0 Å². The monoisotopic (exact) mass is 339 g/mol. The van der Waals surface area contributed by atoms with E-state index in [0.29, 0.717) is 24.2 Å². The van der Waals surface area contributed by atoms with Gasteiger partial charge in [-0.1, -0.05) is 6.07 Å². The molecule has 0 aliphatic carbocycles. The second-order valence-electron chi connectivity index (χ2n) is 5.72. The fourth-order valence-electron chi connectivity index (χ4n) is 2.66. The van der Waals surface area contributed by atoms with Gasteiger partial charge in [0.2, 0.25) is 11.6 Å². The van der Waals surface area contributed by atoms with Crippen molar-refractivity contribution in [2.24, 2.45) is 0 Å². The van der Waals surface area contributed by atoms with Gasteiger partial charge >= 0.3 is 0 Å². The lowest BCUT2D eigenvalue weighted by molar-refractivity contribution is -0.130. The molecule has 9 heteroatoms. The number of piperidine rings is 1. The van der Waals surface area contributed by atoms with Crippen LogP contribution in [-0.4, -0.2) is 44.3 Å². The Morgan fingerprint density at radius 1 is 1.40 bits per heavy atom. The molecule has 126 valence electrons. The summed E-state index contributed by atoms with van der Waals surface area (Å²) in [6.45, 7) is 0.165. The largest absolute Gasteiger partial charge is 0.307 e. The number of alkyl halides is 1. The number of amides is 1. The van der Waals surface area contributed by atoms with Crippen molar-refractivity contribution < 1.29 is 9.18 Å². The van der Waals surface area contributed by atoms with E-state index in [9.17, 15) is 9.18 Å². The van der Waals surface area contributed by atoms with Gasteiger partial charge < -0.3 is 4.90 Å². The summed E-state index contributed by atoms with van der Waals surface area (Å²) >= 11 is 0. The minimum absolute atomic E-state index is 0.0431. The number of nitrogens with one attached hydrogen (secondary N) is 1. The number of anilines is 1. The maximum absolute atomic E-state index is 14.8. The molecule has 1 fully saturated rings. The molecule has 0 spiro atoms. The predicted octanol–water partition coefficient (Wildman–Crippen LogP) is 1.36. The Hall–Kier alpha value is -3.46. The average Bonchev–Trinajstić information content (AvgIpc) is 3.10. The number of carbonyl (C=O) groups excluding carboxylic acids is 1. The Balaban J connectivity index is 1.74. The number of nitriles is 2. The van der Waals surface area contributed by atoms with Crippen molar-refractivity contribution >= 4 is 11.9 Å².